The lowest BCUT2D eigenvalue weighted by Gasteiger charge is -2.34. The second kappa shape index (κ2) is 6.02. The highest BCUT2D eigenvalue weighted by Gasteiger charge is 2.44. The maximum atomic E-state index is 11.5. The summed E-state index contributed by atoms with van der Waals surface area (Å²) in [4.78, 5) is 11.5. The SMILES string of the molecule is CC1(C)CCC(OCCC2CCCC2(N)C(N)=O)CC1. The third kappa shape index (κ3) is 3.53. The minimum absolute atomic E-state index is 0.194. The zero-order chi connectivity index (χ0) is 14.8. The van der Waals surface area contributed by atoms with E-state index in [-0.39, 0.29) is 11.8 Å². The topological polar surface area (TPSA) is 78.3 Å². The summed E-state index contributed by atoms with van der Waals surface area (Å²) < 4.78 is 6.00. The number of nitrogens with two attached hydrogens (primary N) is 2. The fourth-order valence-corrected chi connectivity index (χ4v) is 3.75. The van der Waals surface area contributed by atoms with Crippen molar-refractivity contribution in [1.29, 1.82) is 0 Å². The lowest BCUT2D eigenvalue weighted by molar-refractivity contribution is -0.124. The summed E-state index contributed by atoms with van der Waals surface area (Å²) in [6, 6.07) is 0. The molecular formula is C16H30N2O2. The fourth-order valence-electron chi connectivity index (χ4n) is 3.75. The van der Waals surface area contributed by atoms with Crippen molar-refractivity contribution in [3.8, 4) is 0 Å². The molecule has 0 radical (unpaired) electrons. The van der Waals surface area contributed by atoms with Crippen LogP contribution in [0.5, 0.6) is 0 Å². The highest BCUT2D eigenvalue weighted by Crippen LogP contribution is 2.38. The number of rotatable bonds is 5. The standard InChI is InChI=1S/C16H30N2O2/c1-15(2)9-5-13(6-10-15)20-11-7-12-4-3-8-16(12,18)14(17)19/h12-13H,3-11,18H2,1-2H3,(H2,17,19). The summed E-state index contributed by atoms with van der Waals surface area (Å²) in [6.07, 6.45) is 8.77. The Morgan fingerprint density at radius 2 is 1.85 bits per heavy atom. The van der Waals surface area contributed by atoms with Crippen LogP contribution in [0.4, 0.5) is 0 Å². The Bertz CT molecular complexity index is 346. The molecule has 20 heavy (non-hydrogen) atoms. The van der Waals surface area contributed by atoms with Gasteiger partial charge in [0.15, 0.2) is 0 Å². The monoisotopic (exact) mass is 282 g/mol. The molecule has 4 N–H and O–H groups in total. The molecule has 2 saturated carbocycles. The number of hydrogen-bond donors (Lipinski definition) is 2. The van der Waals surface area contributed by atoms with Crippen molar-refractivity contribution in [1.82, 2.24) is 0 Å². The first kappa shape index (κ1) is 15.8. The number of primary amides is 1. The van der Waals surface area contributed by atoms with Crippen LogP contribution < -0.4 is 11.5 Å². The van der Waals surface area contributed by atoms with Gasteiger partial charge in [-0.1, -0.05) is 20.3 Å². The summed E-state index contributed by atoms with van der Waals surface area (Å²) in [5.74, 6) is -0.153. The molecule has 2 rings (SSSR count). The lowest BCUT2D eigenvalue weighted by Crippen LogP contribution is -2.54. The summed E-state index contributed by atoms with van der Waals surface area (Å²) in [7, 11) is 0. The molecule has 2 aliphatic carbocycles. The van der Waals surface area contributed by atoms with Crippen LogP contribution in [0.2, 0.25) is 0 Å². The van der Waals surface area contributed by atoms with Gasteiger partial charge in [0.1, 0.15) is 0 Å². The Kier molecular flexibility index (Phi) is 4.75. The second-order valence-electron chi connectivity index (χ2n) is 7.52. The molecule has 2 aliphatic rings. The first-order chi connectivity index (χ1) is 9.33. The molecule has 0 saturated heterocycles. The van der Waals surface area contributed by atoms with Gasteiger partial charge in [0.25, 0.3) is 0 Å². The lowest BCUT2D eigenvalue weighted by atomic mass is 9.76. The number of carbonyl (C=O) groups excluding carboxylic acids is 1. The number of carbonyl (C=O) groups is 1. The first-order valence-corrected chi connectivity index (χ1v) is 8.04. The summed E-state index contributed by atoms with van der Waals surface area (Å²) in [5, 5.41) is 0. The van der Waals surface area contributed by atoms with E-state index in [1.165, 1.54) is 12.8 Å². The number of ether oxygens (including phenoxy) is 1. The Morgan fingerprint density at radius 1 is 1.20 bits per heavy atom. The Labute approximate surface area is 122 Å². The zero-order valence-electron chi connectivity index (χ0n) is 13.0. The van der Waals surface area contributed by atoms with Gasteiger partial charge in [0.2, 0.25) is 5.91 Å². The quantitative estimate of drug-likeness (QED) is 0.812. The molecule has 0 heterocycles. The predicted octanol–water partition coefficient (Wildman–Crippen LogP) is 2.34. The molecule has 116 valence electrons. The average molecular weight is 282 g/mol. The van der Waals surface area contributed by atoms with Crippen molar-refractivity contribution in [2.75, 3.05) is 6.61 Å². The molecule has 0 aromatic rings. The number of amides is 1. The summed E-state index contributed by atoms with van der Waals surface area (Å²) in [6.45, 7) is 5.37. The van der Waals surface area contributed by atoms with Crippen molar-refractivity contribution < 1.29 is 9.53 Å². The Morgan fingerprint density at radius 3 is 2.45 bits per heavy atom. The molecule has 0 aromatic heterocycles. The van der Waals surface area contributed by atoms with Crippen molar-refractivity contribution in [3.63, 3.8) is 0 Å². The van der Waals surface area contributed by atoms with E-state index in [0.29, 0.717) is 18.1 Å². The average Bonchev–Trinajstić information content (AvgIpc) is 2.75. The summed E-state index contributed by atoms with van der Waals surface area (Å²) >= 11 is 0. The maximum Gasteiger partial charge on any atom is 0.237 e. The van der Waals surface area contributed by atoms with Crippen molar-refractivity contribution in [2.24, 2.45) is 22.8 Å². The molecule has 0 bridgehead atoms. The molecule has 2 unspecified atom stereocenters. The minimum Gasteiger partial charge on any atom is -0.378 e. The third-order valence-corrected chi connectivity index (χ3v) is 5.44. The highest BCUT2D eigenvalue weighted by molar-refractivity contribution is 5.85. The third-order valence-electron chi connectivity index (χ3n) is 5.44. The minimum atomic E-state index is -0.794. The highest BCUT2D eigenvalue weighted by atomic mass is 16.5. The van der Waals surface area contributed by atoms with Crippen LogP contribution in [0.15, 0.2) is 0 Å². The van der Waals surface area contributed by atoms with E-state index >= 15 is 0 Å². The van der Waals surface area contributed by atoms with Gasteiger partial charge in [-0.05, 0) is 56.3 Å². The van der Waals surface area contributed by atoms with E-state index in [9.17, 15) is 4.79 Å². The van der Waals surface area contributed by atoms with Crippen LogP contribution >= 0.6 is 0 Å². The molecule has 2 atom stereocenters. The molecule has 0 spiro atoms. The van der Waals surface area contributed by atoms with Gasteiger partial charge < -0.3 is 16.2 Å². The van der Waals surface area contributed by atoms with Gasteiger partial charge in [-0.25, -0.2) is 0 Å². The van der Waals surface area contributed by atoms with Gasteiger partial charge in [-0.3, -0.25) is 4.79 Å². The Hall–Kier alpha value is -0.610. The molecule has 1 amide bonds. The zero-order valence-corrected chi connectivity index (χ0v) is 13.0. The molecule has 0 aromatic carbocycles. The van der Waals surface area contributed by atoms with E-state index in [0.717, 1.165) is 38.5 Å². The molecule has 4 heteroatoms. The summed E-state index contributed by atoms with van der Waals surface area (Å²) in [5.41, 5.74) is 11.3. The van der Waals surface area contributed by atoms with Crippen LogP contribution in [0.1, 0.15) is 65.2 Å². The van der Waals surface area contributed by atoms with Gasteiger partial charge in [-0.15, -0.1) is 0 Å². The van der Waals surface area contributed by atoms with Gasteiger partial charge in [-0.2, -0.15) is 0 Å². The molecule has 4 nitrogen and oxygen atoms in total. The normalized spacial score (nSPS) is 34.2. The van der Waals surface area contributed by atoms with Gasteiger partial charge in [0, 0.05) is 6.61 Å². The van der Waals surface area contributed by atoms with Gasteiger partial charge in [0.05, 0.1) is 11.6 Å². The second-order valence-corrected chi connectivity index (χ2v) is 7.52. The van der Waals surface area contributed by atoms with Crippen LogP contribution in [-0.4, -0.2) is 24.2 Å². The van der Waals surface area contributed by atoms with Crippen molar-refractivity contribution >= 4 is 5.91 Å². The van der Waals surface area contributed by atoms with E-state index < -0.39 is 5.54 Å². The Balaban J connectivity index is 1.72. The maximum absolute atomic E-state index is 11.5. The van der Waals surface area contributed by atoms with Gasteiger partial charge >= 0.3 is 0 Å². The van der Waals surface area contributed by atoms with Crippen molar-refractivity contribution in [2.45, 2.75) is 76.9 Å². The van der Waals surface area contributed by atoms with Crippen molar-refractivity contribution in [3.05, 3.63) is 0 Å². The number of hydrogen-bond acceptors (Lipinski definition) is 3. The first-order valence-electron chi connectivity index (χ1n) is 8.04. The molecule has 2 fully saturated rings. The van der Waals surface area contributed by atoms with E-state index in [2.05, 4.69) is 13.8 Å². The van der Waals surface area contributed by atoms with Crippen LogP contribution in [0.25, 0.3) is 0 Å². The van der Waals surface area contributed by atoms with E-state index in [1.807, 2.05) is 0 Å². The smallest absolute Gasteiger partial charge is 0.237 e. The van der Waals surface area contributed by atoms with Crippen LogP contribution in [0.3, 0.4) is 0 Å². The molecule has 0 aliphatic heterocycles. The van der Waals surface area contributed by atoms with Crippen LogP contribution in [0, 0.1) is 11.3 Å². The fraction of sp³-hybridized carbons (Fsp3) is 0.938. The van der Waals surface area contributed by atoms with E-state index in [1.54, 1.807) is 0 Å². The largest absolute Gasteiger partial charge is 0.378 e. The van der Waals surface area contributed by atoms with Crippen LogP contribution in [-0.2, 0) is 9.53 Å². The predicted molar refractivity (Wildman–Crippen MR) is 80.1 cm³/mol. The molecular weight excluding hydrogens is 252 g/mol. The van der Waals surface area contributed by atoms with E-state index in [4.69, 9.17) is 16.2 Å².